The molecule has 28 heavy (non-hydrogen) atoms. The van der Waals surface area contributed by atoms with Gasteiger partial charge in [-0.15, -0.1) is 0 Å². The summed E-state index contributed by atoms with van der Waals surface area (Å²) < 4.78 is 5.43. The highest BCUT2D eigenvalue weighted by Crippen LogP contribution is 2.29. The number of rotatable bonds is 4. The highest BCUT2D eigenvalue weighted by Gasteiger charge is 2.18. The van der Waals surface area contributed by atoms with Crippen LogP contribution in [0.5, 0.6) is 5.75 Å². The first-order chi connectivity index (χ1) is 13.3. The van der Waals surface area contributed by atoms with Crippen molar-refractivity contribution >= 4 is 29.4 Å². The lowest BCUT2D eigenvalue weighted by Gasteiger charge is -2.15. The van der Waals surface area contributed by atoms with Crippen LogP contribution in [0.25, 0.3) is 0 Å². The molecule has 0 aliphatic carbocycles. The summed E-state index contributed by atoms with van der Waals surface area (Å²) in [5, 5.41) is 10.3. The number of nitrogens with one attached hydrogen (secondary N) is 2. The number of anilines is 2. The zero-order valence-electron chi connectivity index (χ0n) is 16.2. The minimum atomic E-state index is -0.571. The molecule has 0 unspecified atom stereocenters. The van der Waals surface area contributed by atoms with Gasteiger partial charge in [-0.2, -0.15) is 0 Å². The molecule has 2 aromatic rings. The van der Waals surface area contributed by atoms with Crippen molar-refractivity contribution < 1.29 is 14.3 Å². The standard InChI is InChI=1S/C10H14N4O.C10H11NO2/c1-6(2)14-8-3-9(10(12)15)13-5-7(8)4-11;1-11-8-4-2-3-5-9(8)13-7-6-10(11)12/h3-6,11H,1-2H3,(H2,12,15)(H,13,14);2-5H,6-7H2,1H3. The first-order valence-electron chi connectivity index (χ1n) is 8.88. The fraction of sp³-hybridized carbons (Fsp3) is 0.300. The lowest BCUT2D eigenvalue weighted by molar-refractivity contribution is -0.118. The predicted molar refractivity (Wildman–Crippen MR) is 109 cm³/mol. The lowest BCUT2D eigenvalue weighted by atomic mass is 10.2. The summed E-state index contributed by atoms with van der Waals surface area (Å²) in [5.41, 5.74) is 7.50. The molecule has 148 valence electrons. The number of nitrogens with two attached hydrogens (primary N) is 1. The number of hydrogen-bond acceptors (Lipinski definition) is 6. The third-order valence-electron chi connectivity index (χ3n) is 3.96. The molecular weight excluding hydrogens is 358 g/mol. The number of amides is 2. The molecule has 1 aromatic carbocycles. The molecule has 0 saturated heterocycles. The summed E-state index contributed by atoms with van der Waals surface area (Å²) in [6.45, 7) is 4.41. The van der Waals surface area contributed by atoms with E-state index >= 15 is 0 Å². The quantitative estimate of drug-likeness (QED) is 0.700. The van der Waals surface area contributed by atoms with Gasteiger partial charge in [-0.1, -0.05) is 12.1 Å². The molecule has 1 aliphatic rings. The molecule has 0 spiro atoms. The number of fused-ring (bicyclic) bond motifs is 1. The van der Waals surface area contributed by atoms with Crippen LogP contribution in [0.15, 0.2) is 36.5 Å². The fourth-order valence-corrected chi connectivity index (χ4v) is 2.56. The fourth-order valence-electron chi connectivity index (χ4n) is 2.56. The average Bonchev–Trinajstić information content (AvgIpc) is 2.81. The normalized spacial score (nSPS) is 12.9. The molecule has 0 radical (unpaired) electrons. The van der Waals surface area contributed by atoms with Gasteiger partial charge in [-0.3, -0.25) is 14.6 Å². The molecule has 0 fully saturated rings. The molecule has 4 N–H and O–H groups in total. The van der Waals surface area contributed by atoms with Crippen molar-refractivity contribution in [2.24, 2.45) is 5.73 Å². The van der Waals surface area contributed by atoms with Crippen LogP contribution in [-0.2, 0) is 4.79 Å². The van der Waals surface area contributed by atoms with E-state index in [0.717, 1.165) is 11.4 Å². The van der Waals surface area contributed by atoms with Crippen LogP contribution in [0, 0.1) is 5.41 Å². The van der Waals surface area contributed by atoms with Gasteiger partial charge in [0, 0.05) is 36.8 Å². The molecule has 2 heterocycles. The van der Waals surface area contributed by atoms with E-state index in [1.54, 1.807) is 18.0 Å². The van der Waals surface area contributed by atoms with Gasteiger partial charge >= 0.3 is 0 Å². The zero-order valence-corrected chi connectivity index (χ0v) is 16.2. The topological polar surface area (TPSA) is 121 Å². The highest BCUT2D eigenvalue weighted by molar-refractivity contribution is 5.95. The van der Waals surface area contributed by atoms with Gasteiger partial charge in [0.1, 0.15) is 11.4 Å². The van der Waals surface area contributed by atoms with Crippen LogP contribution >= 0.6 is 0 Å². The Morgan fingerprint density at radius 2 is 2.11 bits per heavy atom. The Kier molecular flexibility index (Phi) is 7.08. The Bertz CT molecular complexity index is 867. The second-order valence-electron chi connectivity index (χ2n) is 6.48. The number of para-hydroxylation sites is 2. The third kappa shape index (κ3) is 5.29. The maximum absolute atomic E-state index is 11.4. The third-order valence-corrected chi connectivity index (χ3v) is 3.96. The Balaban J connectivity index is 0.000000202. The summed E-state index contributed by atoms with van der Waals surface area (Å²) in [6, 6.07) is 9.35. The maximum atomic E-state index is 11.4. The van der Waals surface area contributed by atoms with E-state index in [1.165, 1.54) is 12.4 Å². The number of carbonyl (C=O) groups excluding carboxylic acids is 2. The van der Waals surface area contributed by atoms with Gasteiger partial charge in [-0.25, -0.2) is 0 Å². The second kappa shape index (κ2) is 9.50. The van der Waals surface area contributed by atoms with Crippen LogP contribution in [0.3, 0.4) is 0 Å². The number of carbonyl (C=O) groups is 2. The maximum Gasteiger partial charge on any atom is 0.267 e. The van der Waals surface area contributed by atoms with E-state index in [1.807, 2.05) is 38.1 Å². The van der Waals surface area contributed by atoms with E-state index < -0.39 is 5.91 Å². The van der Waals surface area contributed by atoms with Crippen molar-refractivity contribution in [2.75, 3.05) is 23.9 Å². The van der Waals surface area contributed by atoms with Crippen LogP contribution in [-0.4, -0.2) is 42.7 Å². The van der Waals surface area contributed by atoms with Crippen LogP contribution < -0.4 is 20.7 Å². The number of benzene rings is 1. The van der Waals surface area contributed by atoms with Crippen molar-refractivity contribution in [3.8, 4) is 5.75 Å². The molecule has 8 nitrogen and oxygen atoms in total. The number of nitrogens with zero attached hydrogens (tertiary/aromatic N) is 2. The average molecular weight is 383 g/mol. The number of aromatic nitrogens is 1. The lowest BCUT2D eigenvalue weighted by Crippen LogP contribution is -2.24. The Hall–Kier alpha value is -3.42. The van der Waals surface area contributed by atoms with Crippen molar-refractivity contribution in [2.45, 2.75) is 26.3 Å². The van der Waals surface area contributed by atoms with Gasteiger partial charge in [0.05, 0.1) is 18.7 Å². The largest absolute Gasteiger partial charge is 0.491 e. The summed E-state index contributed by atoms with van der Waals surface area (Å²) in [5.74, 6) is 0.319. The second-order valence-corrected chi connectivity index (χ2v) is 6.48. The van der Waals surface area contributed by atoms with E-state index in [2.05, 4.69) is 10.3 Å². The molecule has 0 bridgehead atoms. The van der Waals surface area contributed by atoms with Crippen molar-refractivity contribution in [1.29, 1.82) is 5.41 Å². The Morgan fingerprint density at radius 1 is 1.39 bits per heavy atom. The summed E-state index contributed by atoms with van der Waals surface area (Å²) >= 11 is 0. The molecule has 1 aromatic heterocycles. The monoisotopic (exact) mass is 383 g/mol. The zero-order chi connectivity index (χ0) is 20.7. The smallest absolute Gasteiger partial charge is 0.267 e. The summed E-state index contributed by atoms with van der Waals surface area (Å²) in [4.78, 5) is 27.8. The molecule has 3 rings (SSSR count). The highest BCUT2D eigenvalue weighted by atomic mass is 16.5. The summed E-state index contributed by atoms with van der Waals surface area (Å²) in [7, 11) is 1.77. The molecule has 8 heteroatoms. The van der Waals surface area contributed by atoms with Crippen LogP contribution in [0.1, 0.15) is 36.3 Å². The summed E-state index contributed by atoms with van der Waals surface area (Å²) in [6.07, 6.45) is 3.09. The number of hydrogen-bond donors (Lipinski definition) is 3. The van der Waals surface area contributed by atoms with Crippen LogP contribution in [0.2, 0.25) is 0 Å². The Morgan fingerprint density at radius 3 is 2.75 bits per heavy atom. The Labute approximate surface area is 164 Å². The molecular formula is C20H25N5O3. The van der Waals surface area contributed by atoms with Crippen LogP contribution in [0.4, 0.5) is 11.4 Å². The van der Waals surface area contributed by atoms with Gasteiger partial charge in [0.25, 0.3) is 5.91 Å². The molecule has 0 saturated carbocycles. The first-order valence-corrected chi connectivity index (χ1v) is 8.88. The van der Waals surface area contributed by atoms with Gasteiger partial charge < -0.3 is 26.1 Å². The SMILES string of the molecule is CC(C)Nc1cc(C(N)=O)ncc1C=N.CN1C(=O)CCOc2ccccc21. The van der Waals surface area contributed by atoms with E-state index in [-0.39, 0.29) is 17.6 Å². The first kappa shape index (κ1) is 20.9. The van der Waals surface area contributed by atoms with E-state index in [0.29, 0.717) is 24.3 Å². The van der Waals surface area contributed by atoms with Gasteiger partial charge in [0.15, 0.2) is 0 Å². The number of primary amides is 1. The predicted octanol–water partition coefficient (Wildman–Crippen LogP) is 2.43. The minimum absolute atomic E-state index is 0.102. The molecule has 0 atom stereocenters. The number of ether oxygens (including phenoxy) is 1. The van der Waals surface area contributed by atoms with Gasteiger partial charge in [-0.05, 0) is 32.0 Å². The van der Waals surface area contributed by atoms with Gasteiger partial charge in [0.2, 0.25) is 5.91 Å². The molecule has 1 aliphatic heterocycles. The number of pyridine rings is 1. The van der Waals surface area contributed by atoms with E-state index in [9.17, 15) is 9.59 Å². The van der Waals surface area contributed by atoms with Crippen molar-refractivity contribution in [3.05, 3.63) is 47.8 Å². The van der Waals surface area contributed by atoms with Crippen molar-refractivity contribution in [3.63, 3.8) is 0 Å². The molecule has 2 amide bonds. The van der Waals surface area contributed by atoms with Crippen molar-refractivity contribution in [1.82, 2.24) is 4.98 Å². The minimum Gasteiger partial charge on any atom is -0.491 e. The van der Waals surface area contributed by atoms with E-state index in [4.69, 9.17) is 15.9 Å².